The SMILES string of the molecule is COc1cc(/C=N\NC(=O)COc2ccccc2[N+](=O)[O-])ccc1OC(=O)c1cccs1. The van der Waals surface area contributed by atoms with Crippen molar-refractivity contribution in [3.05, 3.63) is 80.5 Å². The number of nitrogens with one attached hydrogen (secondary N) is 1. The summed E-state index contributed by atoms with van der Waals surface area (Å²) in [6.45, 7) is -0.455. The van der Waals surface area contributed by atoms with Crippen molar-refractivity contribution in [1.82, 2.24) is 5.43 Å². The Bertz CT molecular complexity index is 1150. The van der Waals surface area contributed by atoms with Gasteiger partial charge < -0.3 is 14.2 Å². The zero-order valence-electron chi connectivity index (χ0n) is 16.7. The van der Waals surface area contributed by atoms with Crippen LogP contribution in [-0.4, -0.2) is 36.7 Å². The zero-order valence-corrected chi connectivity index (χ0v) is 17.5. The Morgan fingerprint density at radius 3 is 2.66 bits per heavy atom. The largest absolute Gasteiger partial charge is 0.493 e. The van der Waals surface area contributed by atoms with Crippen molar-refractivity contribution in [2.75, 3.05) is 13.7 Å². The highest BCUT2D eigenvalue weighted by Gasteiger charge is 2.15. The summed E-state index contributed by atoms with van der Waals surface area (Å²) in [6.07, 6.45) is 1.36. The Balaban J connectivity index is 1.56. The molecule has 1 aromatic heterocycles. The van der Waals surface area contributed by atoms with E-state index in [1.807, 2.05) is 0 Å². The van der Waals surface area contributed by atoms with Gasteiger partial charge in [-0.2, -0.15) is 5.10 Å². The number of nitro groups is 1. The van der Waals surface area contributed by atoms with Crippen LogP contribution in [0.25, 0.3) is 0 Å². The number of amides is 1. The lowest BCUT2D eigenvalue weighted by atomic mass is 10.2. The maximum atomic E-state index is 12.1. The lowest BCUT2D eigenvalue weighted by Crippen LogP contribution is -2.24. The Morgan fingerprint density at radius 2 is 1.94 bits per heavy atom. The third-order valence-electron chi connectivity index (χ3n) is 3.94. The highest BCUT2D eigenvalue weighted by molar-refractivity contribution is 7.12. The summed E-state index contributed by atoms with van der Waals surface area (Å²) in [5, 5.41) is 16.5. The number of hydrazone groups is 1. The van der Waals surface area contributed by atoms with E-state index in [2.05, 4.69) is 10.5 Å². The van der Waals surface area contributed by atoms with Crippen molar-refractivity contribution in [2.45, 2.75) is 0 Å². The molecule has 0 aliphatic rings. The van der Waals surface area contributed by atoms with Crippen molar-refractivity contribution in [1.29, 1.82) is 0 Å². The third kappa shape index (κ3) is 5.89. The summed E-state index contributed by atoms with van der Waals surface area (Å²) in [5.41, 5.74) is 2.59. The van der Waals surface area contributed by atoms with Gasteiger partial charge in [0.25, 0.3) is 5.91 Å². The van der Waals surface area contributed by atoms with Crippen molar-refractivity contribution < 1.29 is 28.7 Å². The number of nitro benzene ring substituents is 1. The van der Waals surface area contributed by atoms with Gasteiger partial charge in [-0.15, -0.1) is 11.3 Å². The van der Waals surface area contributed by atoms with Gasteiger partial charge in [-0.05, 0) is 41.3 Å². The van der Waals surface area contributed by atoms with Gasteiger partial charge in [-0.1, -0.05) is 18.2 Å². The molecule has 0 saturated carbocycles. The molecule has 0 bridgehead atoms. The van der Waals surface area contributed by atoms with Gasteiger partial charge in [0.2, 0.25) is 0 Å². The summed E-state index contributed by atoms with van der Waals surface area (Å²) in [6, 6.07) is 13.9. The number of para-hydroxylation sites is 2. The van der Waals surface area contributed by atoms with E-state index in [9.17, 15) is 19.7 Å². The molecular weight excluding hydrogens is 438 g/mol. The average Bonchev–Trinajstić information content (AvgIpc) is 3.34. The van der Waals surface area contributed by atoms with E-state index in [0.29, 0.717) is 16.2 Å². The van der Waals surface area contributed by atoms with Gasteiger partial charge in [0.05, 0.1) is 18.2 Å². The summed E-state index contributed by atoms with van der Waals surface area (Å²) < 4.78 is 15.8. The van der Waals surface area contributed by atoms with Crippen LogP contribution < -0.4 is 19.6 Å². The molecule has 1 heterocycles. The number of rotatable bonds is 9. The molecule has 0 aliphatic carbocycles. The van der Waals surface area contributed by atoms with Gasteiger partial charge in [0, 0.05) is 6.07 Å². The van der Waals surface area contributed by atoms with E-state index >= 15 is 0 Å². The maximum Gasteiger partial charge on any atom is 0.353 e. The molecule has 0 fully saturated rings. The lowest BCUT2D eigenvalue weighted by Gasteiger charge is -2.09. The average molecular weight is 455 g/mol. The van der Waals surface area contributed by atoms with Crippen LogP contribution in [0.4, 0.5) is 5.69 Å². The second kappa shape index (κ2) is 10.7. The smallest absolute Gasteiger partial charge is 0.353 e. The predicted molar refractivity (Wildman–Crippen MR) is 117 cm³/mol. The van der Waals surface area contributed by atoms with Crippen molar-refractivity contribution in [3.63, 3.8) is 0 Å². The van der Waals surface area contributed by atoms with Crippen LogP contribution in [0.2, 0.25) is 0 Å². The van der Waals surface area contributed by atoms with E-state index in [4.69, 9.17) is 14.2 Å². The van der Waals surface area contributed by atoms with Crippen LogP contribution in [-0.2, 0) is 4.79 Å². The number of ether oxygens (including phenoxy) is 3. The molecule has 1 N–H and O–H groups in total. The van der Waals surface area contributed by atoms with Gasteiger partial charge in [-0.25, -0.2) is 10.2 Å². The van der Waals surface area contributed by atoms with E-state index in [0.717, 1.165) is 0 Å². The van der Waals surface area contributed by atoms with Crippen molar-refractivity contribution in [3.8, 4) is 17.2 Å². The van der Waals surface area contributed by atoms with Crippen molar-refractivity contribution in [2.24, 2.45) is 5.10 Å². The van der Waals surface area contributed by atoms with Crippen LogP contribution in [0.5, 0.6) is 17.2 Å². The molecule has 2 aromatic carbocycles. The second-order valence-electron chi connectivity index (χ2n) is 6.08. The van der Waals surface area contributed by atoms with E-state index < -0.39 is 23.4 Å². The number of nitrogens with zero attached hydrogens (tertiary/aromatic N) is 2. The number of hydrogen-bond acceptors (Lipinski definition) is 9. The van der Waals surface area contributed by atoms with Crippen LogP contribution in [0.1, 0.15) is 15.2 Å². The zero-order chi connectivity index (χ0) is 22.9. The number of thiophene rings is 1. The monoisotopic (exact) mass is 455 g/mol. The minimum atomic E-state index is -0.604. The number of carbonyl (C=O) groups is 2. The molecule has 1 amide bonds. The first-order valence-corrected chi connectivity index (χ1v) is 9.97. The molecule has 3 rings (SSSR count). The third-order valence-corrected chi connectivity index (χ3v) is 4.79. The highest BCUT2D eigenvalue weighted by Crippen LogP contribution is 2.29. The van der Waals surface area contributed by atoms with Crippen molar-refractivity contribution >= 4 is 35.1 Å². The molecule has 3 aromatic rings. The van der Waals surface area contributed by atoms with Crippen LogP contribution in [0.15, 0.2) is 65.1 Å². The molecule has 0 saturated heterocycles. The fourth-order valence-electron chi connectivity index (χ4n) is 2.48. The maximum absolute atomic E-state index is 12.1. The standard InChI is InChI=1S/C21H17N3O7S/c1-29-18-11-14(8-9-17(18)31-21(26)19-7-4-10-32-19)12-22-23-20(25)13-30-16-6-3-2-5-15(16)24(27)28/h2-12H,13H2,1H3,(H,23,25)/b22-12-. The van der Waals surface area contributed by atoms with Crippen LogP contribution >= 0.6 is 11.3 Å². The fourth-order valence-corrected chi connectivity index (χ4v) is 3.08. The first-order valence-electron chi connectivity index (χ1n) is 9.10. The van der Waals surface area contributed by atoms with Crippen LogP contribution in [0, 0.1) is 10.1 Å². The minimum absolute atomic E-state index is 0.0194. The molecule has 10 nitrogen and oxygen atoms in total. The Morgan fingerprint density at radius 1 is 1.12 bits per heavy atom. The predicted octanol–water partition coefficient (Wildman–Crippen LogP) is 3.41. The van der Waals surface area contributed by atoms with E-state index in [1.54, 1.807) is 41.8 Å². The molecule has 164 valence electrons. The van der Waals surface area contributed by atoms with Gasteiger partial charge in [-0.3, -0.25) is 14.9 Å². The number of esters is 1. The molecule has 0 aliphatic heterocycles. The number of hydrogen-bond donors (Lipinski definition) is 1. The topological polar surface area (TPSA) is 129 Å². The molecular formula is C21H17N3O7S. The first kappa shape index (κ1) is 22.4. The molecule has 0 unspecified atom stereocenters. The summed E-state index contributed by atoms with van der Waals surface area (Å²) >= 11 is 1.27. The lowest BCUT2D eigenvalue weighted by molar-refractivity contribution is -0.385. The Kier molecular flexibility index (Phi) is 7.49. The van der Waals surface area contributed by atoms with E-state index in [1.165, 1.54) is 42.9 Å². The molecule has 0 spiro atoms. The number of benzene rings is 2. The van der Waals surface area contributed by atoms with Gasteiger partial charge >= 0.3 is 11.7 Å². The van der Waals surface area contributed by atoms with Gasteiger partial charge in [0.1, 0.15) is 4.88 Å². The number of methoxy groups -OCH3 is 1. The second-order valence-corrected chi connectivity index (χ2v) is 7.03. The quantitative estimate of drug-likeness (QED) is 0.172. The number of carbonyl (C=O) groups excluding carboxylic acids is 2. The fraction of sp³-hybridized carbons (Fsp3) is 0.0952. The summed E-state index contributed by atoms with van der Waals surface area (Å²) in [4.78, 5) is 34.8. The molecule has 0 atom stereocenters. The minimum Gasteiger partial charge on any atom is -0.493 e. The Labute approximate surface area is 186 Å². The molecule has 0 radical (unpaired) electrons. The summed E-state index contributed by atoms with van der Waals surface area (Å²) in [5.74, 6) is -0.567. The van der Waals surface area contributed by atoms with Gasteiger partial charge in [0.15, 0.2) is 23.9 Å². The van der Waals surface area contributed by atoms with Crippen LogP contribution in [0.3, 0.4) is 0 Å². The molecule has 11 heteroatoms. The molecule has 32 heavy (non-hydrogen) atoms. The van der Waals surface area contributed by atoms with E-state index in [-0.39, 0.29) is 17.2 Å². The highest BCUT2D eigenvalue weighted by atomic mass is 32.1. The first-order chi connectivity index (χ1) is 15.5. The Hall–Kier alpha value is -4.25. The normalized spacial score (nSPS) is 10.5. The summed E-state index contributed by atoms with van der Waals surface area (Å²) in [7, 11) is 1.43.